The van der Waals surface area contributed by atoms with E-state index in [1.165, 1.54) is 0 Å². The quantitative estimate of drug-likeness (QED) is 0.0739. The van der Waals surface area contributed by atoms with Crippen LogP contribution in [-0.4, -0.2) is 10.2 Å². The third kappa shape index (κ3) is 4.29. The Morgan fingerprint density at radius 1 is 0.474 bits per heavy atom. The molecule has 0 fully saturated rings. The van der Waals surface area contributed by atoms with Gasteiger partial charge in [-0.2, -0.15) is 8.78 Å². The first-order chi connectivity index (χ1) is 17.8. The fourth-order valence-corrected chi connectivity index (χ4v) is 3.25. The molecule has 6 nitrogen and oxygen atoms in total. The van der Waals surface area contributed by atoms with E-state index in [-0.39, 0.29) is 11.4 Å². The molecular weight excluding hydrogens is 532 g/mol. The van der Waals surface area contributed by atoms with Crippen LogP contribution in [0.3, 0.4) is 0 Å². The number of hydrogen-bond acceptors (Lipinski definition) is 6. The third-order valence-corrected chi connectivity index (χ3v) is 5.14. The van der Waals surface area contributed by atoms with E-state index in [0.717, 1.165) is 36.4 Å². The van der Waals surface area contributed by atoms with Crippen LogP contribution in [-0.2, 0) is 0 Å². The molecule has 0 unspecified atom stereocenters. The van der Waals surface area contributed by atoms with Gasteiger partial charge in [0.15, 0.2) is 34.9 Å². The molecule has 0 saturated carbocycles. The number of rotatable bonds is 5. The lowest BCUT2D eigenvalue weighted by atomic mass is 10.0. The Hall–Kier alpha value is -4.88. The molecule has 4 aromatic carbocycles. The lowest BCUT2D eigenvalue weighted by Crippen LogP contribution is -2.09. The van der Waals surface area contributed by atoms with Crippen LogP contribution in [0.2, 0.25) is 0 Å². The highest BCUT2D eigenvalue weighted by molar-refractivity contribution is 5.71. The number of hydrogen-bond donors (Lipinski definition) is 4. The van der Waals surface area contributed by atoms with Gasteiger partial charge in [-0.3, -0.25) is 0 Å². The maximum Gasteiger partial charge on any atom is 0.207 e. The van der Waals surface area contributed by atoms with Gasteiger partial charge >= 0.3 is 0 Å². The molecular formula is C24H12F8N2O4. The van der Waals surface area contributed by atoms with Gasteiger partial charge in [-0.05, 0) is 24.3 Å². The molecule has 6 N–H and O–H groups in total. The first-order valence-corrected chi connectivity index (χ1v) is 10.1. The number of ether oxygens (including phenoxy) is 2. The van der Waals surface area contributed by atoms with Crippen molar-refractivity contribution in [3.05, 3.63) is 82.9 Å². The molecule has 4 rings (SSSR count). The fourth-order valence-electron chi connectivity index (χ4n) is 3.25. The van der Waals surface area contributed by atoms with Gasteiger partial charge in [-0.1, -0.05) is 0 Å². The Morgan fingerprint density at radius 3 is 1.13 bits per heavy atom. The smallest absolute Gasteiger partial charge is 0.207 e. The van der Waals surface area contributed by atoms with Crippen LogP contribution in [0.5, 0.6) is 34.5 Å². The SMILES string of the molecule is Nc1ccc(Oc2c(F)c(F)c(F)c(-c3c(F)c(F)c(F)c(Oc4ccc(N)c(O)c4)c3F)c2F)cc1O. The maximum absolute atomic E-state index is 15.3. The van der Waals surface area contributed by atoms with Crippen molar-refractivity contribution in [1.82, 2.24) is 0 Å². The Bertz CT molecular complexity index is 1500. The molecule has 0 bridgehead atoms. The van der Waals surface area contributed by atoms with Crippen molar-refractivity contribution in [3.8, 4) is 45.6 Å². The highest BCUT2D eigenvalue weighted by atomic mass is 19.2. The van der Waals surface area contributed by atoms with Crippen molar-refractivity contribution < 1.29 is 54.8 Å². The number of aromatic hydroxyl groups is 2. The Balaban J connectivity index is 1.94. The molecule has 0 aromatic heterocycles. The lowest BCUT2D eigenvalue weighted by molar-refractivity contribution is 0.360. The van der Waals surface area contributed by atoms with Crippen LogP contribution in [0.25, 0.3) is 11.1 Å². The van der Waals surface area contributed by atoms with Gasteiger partial charge in [0, 0.05) is 12.1 Å². The van der Waals surface area contributed by atoms with E-state index in [4.69, 9.17) is 20.9 Å². The molecule has 14 heteroatoms. The van der Waals surface area contributed by atoms with Crippen molar-refractivity contribution in [1.29, 1.82) is 0 Å². The van der Waals surface area contributed by atoms with Crippen LogP contribution < -0.4 is 20.9 Å². The van der Waals surface area contributed by atoms with Crippen LogP contribution in [0, 0.1) is 46.5 Å². The molecule has 0 amide bonds. The van der Waals surface area contributed by atoms with E-state index >= 15 is 8.78 Å². The predicted octanol–water partition coefficient (Wildman–Crippen LogP) is 6.63. The van der Waals surface area contributed by atoms with Crippen LogP contribution in [0.1, 0.15) is 0 Å². The van der Waals surface area contributed by atoms with E-state index in [1.807, 2.05) is 0 Å². The summed E-state index contributed by atoms with van der Waals surface area (Å²) in [5.74, 6) is -25.1. The molecule has 0 spiro atoms. The first kappa shape index (κ1) is 26.2. The zero-order valence-electron chi connectivity index (χ0n) is 18.4. The molecule has 0 atom stereocenters. The summed E-state index contributed by atoms with van der Waals surface area (Å²) in [7, 11) is 0. The number of phenols is 2. The summed E-state index contributed by atoms with van der Waals surface area (Å²) in [6, 6.07) is 5.36. The van der Waals surface area contributed by atoms with Crippen molar-refractivity contribution in [2.24, 2.45) is 0 Å². The monoisotopic (exact) mass is 544 g/mol. The molecule has 38 heavy (non-hydrogen) atoms. The van der Waals surface area contributed by atoms with E-state index in [2.05, 4.69) is 0 Å². The van der Waals surface area contributed by atoms with Crippen molar-refractivity contribution in [3.63, 3.8) is 0 Å². The summed E-state index contributed by atoms with van der Waals surface area (Å²) in [5.41, 5.74) is 6.35. The normalized spacial score (nSPS) is 11.1. The Morgan fingerprint density at radius 2 is 0.816 bits per heavy atom. The average molecular weight is 544 g/mol. The molecule has 0 aliphatic heterocycles. The minimum absolute atomic E-state index is 0.197. The largest absolute Gasteiger partial charge is 0.506 e. The number of nitrogens with two attached hydrogens (primary N) is 2. The number of halogens is 8. The topological polar surface area (TPSA) is 111 Å². The molecule has 0 aliphatic carbocycles. The average Bonchev–Trinajstić information content (AvgIpc) is 2.88. The number of benzene rings is 4. The molecule has 0 heterocycles. The summed E-state index contributed by atoms with van der Waals surface area (Å²) in [5, 5.41) is 19.2. The van der Waals surface area contributed by atoms with Crippen LogP contribution in [0.15, 0.2) is 36.4 Å². The second-order valence-corrected chi connectivity index (χ2v) is 7.57. The van der Waals surface area contributed by atoms with Crippen molar-refractivity contribution >= 4 is 11.4 Å². The van der Waals surface area contributed by atoms with E-state index in [9.17, 15) is 36.6 Å². The van der Waals surface area contributed by atoms with Gasteiger partial charge in [0.2, 0.25) is 23.1 Å². The Labute approximate surface area is 206 Å². The van der Waals surface area contributed by atoms with Gasteiger partial charge in [-0.15, -0.1) is 0 Å². The van der Waals surface area contributed by atoms with Gasteiger partial charge in [0.1, 0.15) is 23.0 Å². The van der Waals surface area contributed by atoms with Gasteiger partial charge < -0.3 is 31.2 Å². The highest BCUT2D eigenvalue weighted by Crippen LogP contribution is 2.44. The summed E-state index contributed by atoms with van der Waals surface area (Å²) in [4.78, 5) is 0. The zero-order chi connectivity index (χ0) is 28.0. The Kier molecular flexibility index (Phi) is 6.57. The lowest BCUT2D eigenvalue weighted by Gasteiger charge is -2.17. The predicted molar refractivity (Wildman–Crippen MR) is 117 cm³/mol. The van der Waals surface area contributed by atoms with E-state index < -0.39 is 92.2 Å². The molecule has 0 radical (unpaired) electrons. The second kappa shape index (κ2) is 9.53. The minimum Gasteiger partial charge on any atom is -0.506 e. The fraction of sp³-hybridized carbons (Fsp3) is 0. The van der Waals surface area contributed by atoms with Gasteiger partial charge in [0.25, 0.3) is 0 Å². The summed E-state index contributed by atoms with van der Waals surface area (Å²) < 4.78 is 127. The summed E-state index contributed by atoms with van der Waals surface area (Å²) in [6.07, 6.45) is 0. The van der Waals surface area contributed by atoms with Gasteiger partial charge in [-0.25, -0.2) is 26.3 Å². The molecule has 0 saturated heterocycles. The number of nitrogen functional groups attached to an aromatic ring is 2. The zero-order valence-corrected chi connectivity index (χ0v) is 18.4. The van der Waals surface area contributed by atoms with E-state index in [1.54, 1.807) is 0 Å². The first-order valence-electron chi connectivity index (χ1n) is 10.1. The molecule has 4 aromatic rings. The summed E-state index contributed by atoms with van der Waals surface area (Å²) in [6.45, 7) is 0. The maximum atomic E-state index is 15.3. The van der Waals surface area contributed by atoms with Crippen molar-refractivity contribution in [2.75, 3.05) is 11.5 Å². The number of phenolic OH excluding ortho intramolecular Hbond substituents is 2. The van der Waals surface area contributed by atoms with Crippen molar-refractivity contribution in [2.45, 2.75) is 0 Å². The number of anilines is 2. The standard InChI is InChI=1S/C24H12F8N2O4/c25-15-13(17(27)23(21(31)19(15)29)37-7-1-3-9(33)11(35)5-7)14-16(26)20(30)22(32)24(18(14)28)38-8-2-4-10(34)12(36)6-8/h1-6,35-36H,33-34H2. The molecule has 198 valence electrons. The highest BCUT2D eigenvalue weighted by Gasteiger charge is 2.35. The second-order valence-electron chi connectivity index (χ2n) is 7.57. The van der Waals surface area contributed by atoms with Gasteiger partial charge in [0.05, 0.1) is 22.5 Å². The van der Waals surface area contributed by atoms with Crippen LogP contribution in [0.4, 0.5) is 46.5 Å². The minimum atomic E-state index is -2.52. The van der Waals surface area contributed by atoms with Crippen LogP contribution >= 0.6 is 0 Å². The molecule has 0 aliphatic rings. The third-order valence-electron chi connectivity index (χ3n) is 5.14. The van der Waals surface area contributed by atoms with E-state index in [0.29, 0.717) is 0 Å². The summed E-state index contributed by atoms with van der Waals surface area (Å²) >= 11 is 0.